The third-order valence-corrected chi connectivity index (χ3v) is 8.58. The van der Waals surface area contributed by atoms with Gasteiger partial charge in [-0.2, -0.15) is 8.42 Å². The van der Waals surface area contributed by atoms with E-state index in [-0.39, 0.29) is 16.1 Å². The van der Waals surface area contributed by atoms with Crippen LogP contribution in [-0.4, -0.2) is 36.4 Å². The molecule has 0 aliphatic carbocycles. The highest BCUT2D eigenvalue weighted by atomic mass is 32.2. The Hall–Kier alpha value is -3.46. The Labute approximate surface area is 206 Å². The van der Waals surface area contributed by atoms with Gasteiger partial charge in [0, 0.05) is 31.4 Å². The van der Waals surface area contributed by atoms with Gasteiger partial charge in [-0.3, -0.25) is 4.79 Å². The average molecular weight is 492 g/mol. The summed E-state index contributed by atoms with van der Waals surface area (Å²) in [4.78, 5) is 26.1. The van der Waals surface area contributed by atoms with Gasteiger partial charge in [0.2, 0.25) is 0 Å². The fraction of sp³-hybridized carbons (Fsp3) is 0.346. The van der Waals surface area contributed by atoms with Gasteiger partial charge < -0.3 is 9.80 Å². The van der Waals surface area contributed by atoms with E-state index in [0.717, 1.165) is 13.0 Å². The molecule has 9 heteroatoms. The zero-order valence-electron chi connectivity index (χ0n) is 20.1. The molecule has 3 aromatic rings. The third kappa shape index (κ3) is 4.25. The van der Waals surface area contributed by atoms with Crippen LogP contribution in [0.5, 0.6) is 0 Å². The lowest BCUT2D eigenvalue weighted by Gasteiger charge is -2.36. The van der Waals surface area contributed by atoms with Gasteiger partial charge in [-0.25, -0.2) is 14.7 Å². The highest BCUT2D eigenvalue weighted by molar-refractivity contribution is 7.90. The first-order valence-corrected chi connectivity index (χ1v) is 13.2. The van der Waals surface area contributed by atoms with Crippen molar-refractivity contribution in [1.82, 2.24) is 14.7 Å². The smallest absolute Gasteiger partial charge is 0.281 e. The van der Waals surface area contributed by atoms with Gasteiger partial charge >= 0.3 is 0 Å². The van der Waals surface area contributed by atoms with Gasteiger partial charge in [-0.1, -0.05) is 37.3 Å². The molecule has 35 heavy (non-hydrogen) atoms. The molecule has 1 unspecified atom stereocenters. The lowest BCUT2D eigenvalue weighted by atomic mass is 9.90. The Morgan fingerprint density at radius 1 is 1.03 bits per heavy atom. The summed E-state index contributed by atoms with van der Waals surface area (Å²) in [6.45, 7) is 8.46. The van der Waals surface area contributed by atoms with E-state index in [1.807, 2.05) is 17.0 Å². The molecule has 5 rings (SSSR count). The number of aromatic nitrogens is 2. The van der Waals surface area contributed by atoms with E-state index in [9.17, 15) is 13.2 Å². The molecule has 2 aliphatic heterocycles. The second kappa shape index (κ2) is 8.64. The first-order chi connectivity index (χ1) is 16.7. The van der Waals surface area contributed by atoms with Crippen molar-refractivity contribution in [2.75, 3.05) is 16.3 Å². The molecule has 1 fully saturated rings. The van der Waals surface area contributed by atoms with E-state index in [4.69, 9.17) is 0 Å². The molecule has 0 saturated carbocycles. The normalized spacial score (nSPS) is 19.0. The maximum Gasteiger partial charge on any atom is 0.281 e. The molecular weight excluding hydrogens is 462 g/mol. The number of anilines is 2. The van der Waals surface area contributed by atoms with Crippen LogP contribution < -0.4 is 14.5 Å². The first-order valence-electron chi connectivity index (χ1n) is 11.8. The van der Waals surface area contributed by atoms with Crippen molar-refractivity contribution < 1.29 is 13.2 Å². The summed E-state index contributed by atoms with van der Waals surface area (Å²) in [5, 5.41) is -0.195. The lowest BCUT2D eigenvalue weighted by Crippen LogP contribution is -2.43. The number of hydrogen-bond acceptors (Lipinski definition) is 7. The van der Waals surface area contributed by atoms with Crippen molar-refractivity contribution in [1.29, 1.82) is 0 Å². The van der Waals surface area contributed by atoms with Crippen LogP contribution in [0.15, 0.2) is 65.8 Å². The SMILES string of the molecule is CC1CCN(c2ncccc2C(=O)NS(=O)(=O)c2cccc(N3Cc4ccccc4C3)n2)C1(C)C. The molecule has 1 N–H and O–H groups in total. The minimum absolute atomic E-state index is 0.195. The largest absolute Gasteiger partial charge is 0.351 e. The summed E-state index contributed by atoms with van der Waals surface area (Å²) in [6, 6.07) is 16.2. The maximum atomic E-state index is 13.2. The van der Waals surface area contributed by atoms with Crippen LogP contribution in [0.3, 0.4) is 0 Å². The van der Waals surface area contributed by atoms with Crippen LogP contribution in [0.2, 0.25) is 0 Å². The van der Waals surface area contributed by atoms with Gasteiger partial charge in [0.25, 0.3) is 15.9 Å². The molecule has 2 aliphatic rings. The van der Waals surface area contributed by atoms with Crippen molar-refractivity contribution in [3.05, 3.63) is 77.5 Å². The van der Waals surface area contributed by atoms with Crippen LogP contribution in [0, 0.1) is 5.92 Å². The van der Waals surface area contributed by atoms with Crippen molar-refractivity contribution >= 4 is 27.6 Å². The number of pyridine rings is 2. The molecule has 1 amide bonds. The second-order valence-corrected chi connectivity index (χ2v) is 11.4. The van der Waals surface area contributed by atoms with Gasteiger partial charge in [-0.05, 0) is 61.6 Å². The van der Waals surface area contributed by atoms with E-state index >= 15 is 0 Å². The summed E-state index contributed by atoms with van der Waals surface area (Å²) in [5.41, 5.74) is 2.41. The van der Waals surface area contributed by atoms with Gasteiger partial charge in [0.05, 0.1) is 5.56 Å². The molecule has 1 atom stereocenters. The fourth-order valence-electron chi connectivity index (χ4n) is 4.85. The van der Waals surface area contributed by atoms with Gasteiger partial charge in [0.15, 0.2) is 5.03 Å². The number of fused-ring (bicyclic) bond motifs is 1. The number of hydrogen-bond donors (Lipinski definition) is 1. The molecule has 8 nitrogen and oxygen atoms in total. The minimum atomic E-state index is -4.19. The van der Waals surface area contributed by atoms with Gasteiger partial charge in [0.1, 0.15) is 11.6 Å². The van der Waals surface area contributed by atoms with E-state index in [0.29, 0.717) is 30.6 Å². The zero-order valence-corrected chi connectivity index (χ0v) is 20.9. The minimum Gasteiger partial charge on any atom is -0.351 e. The Kier molecular flexibility index (Phi) is 5.75. The molecule has 1 saturated heterocycles. The number of carbonyl (C=O) groups excluding carboxylic acids is 1. The Balaban J connectivity index is 1.38. The Morgan fingerprint density at radius 2 is 1.74 bits per heavy atom. The Morgan fingerprint density at radius 3 is 2.40 bits per heavy atom. The van der Waals surface area contributed by atoms with Crippen molar-refractivity contribution in [2.24, 2.45) is 5.92 Å². The first kappa shape index (κ1) is 23.3. The van der Waals surface area contributed by atoms with E-state index in [1.54, 1.807) is 30.5 Å². The van der Waals surface area contributed by atoms with Crippen LogP contribution in [0.4, 0.5) is 11.6 Å². The number of nitrogens with one attached hydrogen (secondary N) is 1. The average Bonchev–Trinajstić information content (AvgIpc) is 3.39. The third-order valence-electron chi connectivity index (χ3n) is 7.35. The highest BCUT2D eigenvalue weighted by Gasteiger charge is 2.40. The van der Waals surface area contributed by atoms with E-state index in [2.05, 4.69) is 52.5 Å². The van der Waals surface area contributed by atoms with Crippen LogP contribution in [0.1, 0.15) is 48.7 Å². The zero-order chi connectivity index (χ0) is 24.8. The maximum absolute atomic E-state index is 13.2. The van der Waals surface area contributed by atoms with Crippen LogP contribution >= 0.6 is 0 Å². The number of benzene rings is 1. The number of sulfonamides is 1. The highest BCUT2D eigenvalue weighted by Crippen LogP contribution is 2.38. The van der Waals surface area contributed by atoms with Crippen LogP contribution in [-0.2, 0) is 23.1 Å². The summed E-state index contributed by atoms with van der Waals surface area (Å²) in [7, 11) is -4.19. The topological polar surface area (TPSA) is 95.5 Å². The standard InChI is InChI=1S/C26H29N5O3S/c1-18-13-15-31(26(18,2)3)24-21(10-7-14-27-24)25(32)29-35(33,34)23-12-6-11-22(28-23)30-16-19-8-4-5-9-20(19)17-30/h4-12,14,18H,13,15-17H2,1-3H3,(H,29,32). The molecule has 2 aromatic heterocycles. The van der Waals surface area contributed by atoms with Crippen molar-refractivity contribution in [3.8, 4) is 0 Å². The lowest BCUT2D eigenvalue weighted by molar-refractivity contribution is 0.0981. The molecule has 0 spiro atoms. The monoisotopic (exact) mass is 491 g/mol. The van der Waals surface area contributed by atoms with Crippen LogP contribution in [0.25, 0.3) is 0 Å². The summed E-state index contributed by atoms with van der Waals surface area (Å²) < 4.78 is 28.5. The summed E-state index contributed by atoms with van der Waals surface area (Å²) >= 11 is 0. The number of nitrogens with zero attached hydrogens (tertiary/aromatic N) is 4. The Bertz CT molecular complexity index is 1360. The molecule has 4 heterocycles. The van der Waals surface area contributed by atoms with Gasteiger partial charge in [-0.15, -0.1) is 0 Å². The second-order valence-electron chi connectivity index (χ2n) is 9.76. The molecule has 182 valence electrons. The molecule has 0 radical (unpaired) electrons. The molecule has 0 bridgehead atoms. The summed E-state index contributed by atoms with van der Waals surface area (Å²) in [6.07, 6.45) is 2.60. The molecular formula is C26H29N5O3S. The van der Waals surface area contributed by atoms with Crippen molar-refractivity contribution in [3.63, 3.8) is 0 Å². The summed E-state index contributed by atoms with van der Waals surface area (Å²) in [5.74, 6) is 0.731. The number of amides is 1. The van der Waals surface area contributed by atoms with E-state index < -0.39 is 15.9 Å². The van der Waals surface area contributed by atoms with Crippen molar-refractivity contribution in [2.45, 2.75) is 50.8 Å². The predicted molar refractivity (Wildman–Crippen MR) is 135 cm³/mol. The number of carbonyl (C=O) groups is 1. The van der Waals surface area contributed by atoms with E-state index in [1.165, 1.54) is 17.2 Å². The predicted octanol–water partition coefficient (Wildman–Crippen LogP) is 3.74. The number of rotatable bonds is 5. The quantitative estimate of drug-likeness (QED) is 0.581. The fourth-order valence-corrected chi connectivity index (χ4v) is 5.78. The molecule has 1 aromatic carbocycles.